The molecule has 0 N–H and O–H groups in total. The number of hydrogen-bond donors (Lipinski definition) is 0. The quantitative estimate of drug-likeness (QED) is 0.806. The molecule has 1 aliphatic heterocycles. The first-order valence-corrected chi connectivity index (χ1v) is 8.15. The fourth-order valence-corrected chi connectivity index (χ4v) is 3.91. The number of methoxy groups -OCH3 is 1. The van der Waals surface area contributed by atoms with E-state index in [-0.39, 0.29) is 17.9 Å². The summed E-state index contributed by atoms with van der Waals surface area (Å²) >= 11 is 0. The Morgan fingerprint density at radius 1 is 1.32 bits per heavy atom. The monoisotopic (exact) mass is 305 g/mol. The van der Waals surface area contributed by atoms with Gasteiger partial charge in [0, 0.05) is 12.5 Å². The lowest BCUT2D eigenvalue weighted by Gasteiger charge is -2.32. The minimum atomic E-state index is -0.472. The van der Waals surface area contributed by atoms with Gasteiger partial charge in [-0.3, -0.25) is 4.79 Å². The van der Waals surface area contributed by atoms with Crippen molar-refractivity contribution in [3.05, 3.63) is 23.7 Å². The number of hydrogen-bond acceptors (Lipinski definition) is 4. The summed E-state index contributed by atoms with van der Waals surface area (Å²) in [5.41, 5.74) is 0. The highest BCUT2D eigenvalue weighted by Crippen LogP contribution is 2.40. The lowest BCUT2D eigenvalue weighted by Crippen LogP contribution is -2.46. The molecule has 2 heterocycles. The molecular formula is C17H23NO4. The Morgan fingerprint density at radius 3 is 2.77 bits per heavy atom. The number of ether oxygens (including phenoxy) is 1. The van der Waals surface area contributed by atoms with Gasteiger partial charge >= 0.3 is 5.97 Å². The fourth-order valence-electron chi connectivity index (χ4n) is 3.91. The average Bonchev–Trinajstić information content (AvgIpc) is 3.17. The zero-order chi connectivity index (χ0) is 15.7. The second-order valence-corrected chi connectivity index (χ2v) is 6.22. The van der Waals surface area contributed by atoms with Crippen LogP contribution in [0.4, 0.5) is 0 Å². The number of nitrogens with zero attached hydrogens (tertiary/aromatic N) is 1. The van der Waals surface area contributed by atoms with Crippen molar-refractivity contribution in [1.29, 1.82) is 0 Å². The first-order chi connectivity index (χ1) is 10.7. The summed E-state index contributed by atoms with van der Waals surface area (Å²) in [5.74, 6) is 1.03. The van der Waals surface area contributed by atoms with Crippen molar-refractivity contribution in [3.8, 4) is 0 Å². The molecule has 1 aromatic rings. The second kappa shape index (κ2) is 6.15. The van der Waals surface area contributed by atoms with Crippen LogP contribution in [-0.4, -0.2) is 36.0 Å². The van der Waals surface area contributed by atoms with E-state index in [1.807, 2.05) is 13.0 Å². The number of likely N-dealkylation sites (tertiary alicyclic amines) is 1. The van der Waals surface area contributed by atoms with Crippen molar-refractivity contribution in [2.24, 2.45) is 5.92 Å². The number of aryl methyl sites for hydroxylation is 1. The number of carbonyl (C=O) groups is 2. The molecular weight excluding hydrogens is 282 g/mol. The van der Waals surface area contributed by atoms with Crippen LogP contribution in [-0.2, 0) is 16.0 Å². The van der Waals surface area contributed by atoms with Crippen LogP contribution >= 0.6 is 0 Å². The predicted octanol–water partition coefficient (Wildman–Crippen LogP) is 2.79. The average molecular weight is 305 g/mol. The van der Waals surface area contributed by atoms with Crippen LogP contribution in [0.3, 0.4) is 0 Å². The van der Waals surface area contributed by atoms with E-state index in [1.165, 1.54) is 13.5 Å². The van der Waals surface area contributed by atoms with Crippen molar-refractivity contribution >= 4 is 11.9 Å². The minimum absolute atomic E-state index is 0.139. The minimum Gasteiger partial charge on any atom is -0.467 e. The van der Waals surface area contributed by atoms with Crippen molar-refractivity contribution in [1.82, 2.24) is 4.90 Å². The van der Waals surface area contributed by atoms with Crippen molar-refractivity contribution in [3.63, 3.8) is 0 Å². The highest BCUT2D eigenvalue weighted by atomic mass is 16.5. The number of carbonyl (C=O) groups excluding carboxylic acids is 2. The number of esters is 1. The first-order valence-electron chi connectivity index (χ1n) is 8.15. The molecule has 1 aromatic heterocycles. The van der Waals surface area contributed by atoms with Crippen molar-refractivity contribution in [2.75, 3.05) is 7.11 Å². The van der Waals surface area contributed by atoms with E-state index in [9.17, 15) is 9.59 Å². The van der Waals surface area contributed by atoms with E-state index in [0.717, 1.165) is 31.4 Å². The third kappa shape index (κ3) is 2.53. The SMILES string of the molecule is CCc1ccc(C(=O)N2C(C(=O)OC)CC3CCCCC32)o1. The summed E-state index contributed by atoms with van der Waals surface area (Å²) < 4.78 is 10.5. The molecule has 0 radical (unpaired) electrons. The number of amides is 1. The Morgan fingerprint density at radius 2 is 2.09 bits per heavy atom. The van der Waals surface area contributed by atoms with Crippen LogP contribution in [0.15, 0.2) is 16.5 Å². The van der Waals surface area contributed by atoms with E-state index in [1.54, 1.807) is 11.0 Å². The smallest absolute Gasteiger partial charge is 0.328 e. The number of rotatable bonds is 3. The summed E-state index contributed by atoms with van der Waals surface area (Å²) in [6.45, 7) is 1.98. The standard InChI is InChI=1S/C17H23NO4/c1-3-12-8-9-15(22-12)16(19)18-13-7-5-4-6-11(13)10-14(18)17(20)21-2/h8-9,11,13-14H,3-7,10H2,1-2H3. The van der Waals surface area contributed by atoms with Crippen LogP contribution < -0.4 is 0 Å². The van der Waals surface area contributed by atoms with E-state index >= 15 is 0 Å². The third-order valence-corrected chi connectivity index (χ3v) is 5.02. The molecule has 0 aromatic carbocycles. The molecule has 3 rings (SSSR count). The topological polar surface area (TPSA) is 59.8 Å². The van der Waals surface area contributed by atoms with E-state index in [4.69, 9.17) is 9.15 Å². The molecule has 1 amide bonds. The van der Waals surface area contributed by atoms with Gasteiger partial charge in [-0.2, -0.15) is 0 Å². The highest BCUT2D eigenvalue weighted by molar-refractivity contribution is 5.95. The Labute approximate surface area is 130 Å². The molecule has 1 aliphatic carbocycles. The first kappa shape index (κ1) is 15.1. The molecule has 2 fully saturated rings. The van der Waals surface area contributed by atoms with E-state index < -0.39 is 6.04 Å². The van der Waals surface area contributed by atoms with E-state index in [2.05, 4.69) is 0 Å². The van der Waals surface area contributed by atoms with Gasteiger partial charge < -0.3 is 14.1 Å². The van der Waals surface area contributed by atoms with Gasteiger partial charge in [-0.15, -0.1) is 0 Å². The molecule has 1 saturated carbocycles. The number of furan rings is 1. The fraction of sp³-hybridized carbons (Fsp3) is 0.647. The van der Waals surface area contributed by atoms with Gasteiger partial charge in [-0.25, -0.2) is 4.79 Å². The molecule has 5 heteroatoms. The van der Waals surface area contributed by atoms with Gasteiger partial charge in [0.2, 0.25) is 0 Å². The van der Waals surface area contributed by atoms with Crippen LogP contribution in [0.1, 0.15) is 55.3 Å². The molecule has 0 bridgehead atoms. The zero-order valence-corrected chi connectivity index (χ0v) is 13.2. The lowest BCUT2D eigenvalue weighted by molar-refractivity contribution is -0.145. The Kier molecular flexibility index (Phi) is 4.23. The predicted molar refractivity (Wildman–Crippen MR) is 80.4 cm³/mol. The largest absolute Gasteiger partial charge is 0.467 e. The molecule has 1 saturated heterocycles. The van der Waals surface area contributed by atoms with Crippen molar-refractivity contribution in [2.45, 2.75) is 57.5 Å². The summed E-state index contributed by atoms with van der Waals surface area (Å²) in [6.07, 6.45) is 5.80. The highest BCUT2D eigenvalue weighted by Gasteiger charge is 2.48. The Hall–Kier alpha value is -1.78. The van der Waals surface area contributed by atoms with Gasteiger partial charge in [-0.05, 0) is 37.3 Å². The normalized spacial score (nSPS) is 27.5. The summed E-state index contributed by atoms with van der Waals surface area (Å²) in [4.78, 5) is 26.7. The second-order valence-electron chi connectivity index (χ2n) is 6.22. The van der Waals surface area contributed by atoms with Gasteiger partial charge in [-0.1, -0.05) is 19.8 Å². The van der Waals surface area contributed by atoms with E-state index in [0.29, 0.717) is 18.1 Å². The Bertz CT molecular complexity index is 565. The van der Waals surface area contributed by atoms with Gasteiger partial charge in [0.25, 0.3) is 5.91 Å². The van der Waals surface area contributed by atoms with Crippen molar-refractivity contribution < 1.29 is 18.7 Å². The zero-order valence-electron chi connectivity index (χ0n) is 13.2. The maximum Gasteiger partial charge on any atom is 0.328 e. The molecule has 3 unspecified atom stereocenters. The third-order valence-electron chi connectivity index (χ3n) is 5.02. The van der Waals surface area contributed by atoms with Gasteiger partial charge in [0.1, 0.15) is 11.8 Å². The lowest BCUT2D eigenvalue weighted by atomic mass is 9.84. The van der Waals surface area contributed by atoms with Crippen LogP contribution in [0.5, 0.6) is 0 Å². The van der Waals surface area contributed by atoms with Gasteiger partial charge in [0.05, 0.1) is 7.11 Å². The number of fused-ring (bicyclic) bond motifs is 1. The molecule has 22 heavy (non-hydrogen) atoms. The Balaban J connectivity index is 1.89. The summed E-state index contributed by atoms with van der Waals surface area (Å²) in [6, 6.07) is 3.21. The maximum atomic E-state index is 12.9. The van der Waals surface area contributed by atoms with Crippen LogP contribution in [0.2, 0.25) is 0 Å². The molecule has 0 spiro atoms. The van der Waals surface area contributed by atoms with Crippen LogP contribution in [0.25, 0.3) is 0 Å². The molecule has 5 nitrogen and oxygen atoms in total. The van der Waals surface area contributed by atoms with Crippen LogP contribution in [0, 0.1) is 5.92 Å². The molecule has 3 atom stereocenters. The summed E-state index contributed by atoms with van der Waals surface area (Å²) in [7, 11) is 1.38. The summed E-state index contributed by atoms with van der Waals surface area (Å²) in [5, 5.41) is 0. The maximum absolute atomic E-state index is 12.9. The molecule has 2 aliphatic rings. The van der Waals surface area contributed by atoms with Gasteiger partial charge in [0.15, 0.2) is 5.76 Å². The molecule has 120 valence electrons.